The number of ketones is 1. The van der Waals surface area contributed by atoms with Crippen LogP contribution in [0.2, 0.25) is 0 Å². The number of carbonyl (C=O) groups is 1. The molecule has 0 fully saturated rings. The van der Waals surface area contributed by atoms with Crippen LogP contribution in [0.25, 0.3) is 5.57 Å². The minimum absolute atomic E-state index is 0.120. The standard InChI is InChI=1S/C52H56N2O2S2/c1-7-9-11-13-15-39-33-45(53(41-25-17-35(3)18-26-41)42-27-19-36(4)20-28-42)57-51(39)47-49(55)48(50(47)56)52-40(16-14-12-10-8-2)34-46(58-52)54(43-29-21-37(5)22-30-43)44-31-23-38(6)24-32-44/h17-34H,7-16H2,1-6H3. The van der Waals surface area contributed by atoms with Crippen LogP contribution in [0, 0.1) is 27.7 Å². The van der Waals surface area contributed by atoms with Gasteiger partial charge in [-0.2, -0.15) is 0 Å². The van der Waals surface area contributed by atoms with Crippen molar-refractivity contribution in [2.24, 2.45) is 0 Å². The first kappa shape index (κ1) is 41.3. The SMILES string of the molecule is CCCCCCC1=CC(=[N+](c2ccc(C)cc2)c2ccc(C)cc2)S/C1=C1\C(=O)C(c2sc(N(c3ccc(C)cc3)c3ccc(C)cc3)cc2CCCCCC)=C1[O-]. The normalized spacial score (nSPS) is 15.2. The number of anilines is 3. The van der Waals surface area contributed by atoms with Gasteiger partial charge >= 0.3 is 0 Å². The summed E-state index contributed by atoms with van der Waals surface area (Å²) >= 11 is 3.16. The number of carbonyl (C=O) groups excluding carboxylic acids is 1. The molecular weight excluding hydrogens is 749 g/mol. The number of thiophene rings is 1. The van der Waals surface area contributed by atoms with Gasteiger partial charge in [-0.05, 0) is 107 Å². The number of nitrogens with zero attached hydrogens (tertiary/aromatic N) is 2. The molecule has 0 saturated heterocycles. The fourth-order valence-electron chi connectivity index (χ4n) is 7.72. The van der Waals surface area contributed by atoms with Gasteiger partial charge in [0.1, 0.15) is 5.00 Å². The number of hydrogen-bond donors (Lipinski definition) is 0. The molecule has 1 aliphatic heterocycles. The number of thioether (sulfide) groups is 1. The molecule has 0 N–H and O–H groups in total. The average Bonchev–Trinajstić information content (AvgIpc) is 3.81. The topological polar surface area (TPSA) is 46.4 Å². The van der Waals surface area contributed by atoms with E-state index >= 15 is 0 Å². The number of Topliss-reactive ketones (excluding diaryl/α,β-unsaturated/α-hetero) is 1. The van der Waals surface area contributed by atoms with Crippen molar-refractivity contribution < 1.29 is 9.90 Å². The maximum Gasteiger partial charge on any atom is 0.251 e. The van der Waals surface area contributed by atoms with Gasteiger partial charge in [0.15, 0.2) is 5.78 Å². The summed E-state index contributed by atoms with van der Waals surface area (Å²) in [5.41, 5.74) is 11.9. The maximum atomic E-state index is 14.7. The van der Waals surface area contributed by atoms with Gasteiger partial charge in [-0.3, -0.25) is 4.79 Å². The Bertz CT molecular complexity index is 2280. The highest BCUT2D eigenvalue weighted by atomic mass is 32.2. The van der Waals surface area contributed by atoms with Crippen LogP contribution in [0.4, 0.5) is 27.8 Å². The third kappa shape index (κ3) is 9.04. The summed E-state index contributed by atoms with van der Waals surface area (Å²) in [4.78, 5) is 18.6. The molecule has 2 heterocycles. The molecule has 5 aromatic rings. The highest BCUT2D eigenvalue weighted by Gasteiger charge is 2.39. The minimum atomic E-state index is -0.120. The molecule has 0 atom stereocenters. The van der Waals surface area contributed by atoms with Gasteiger partial charge in [-0.15, -0.1) is 15.9 Å². The fourth-order valence-corrected chi connectivity index (χ4v) is 10.3. The Kier molecular flexibility index (Phi) is 13.4. The molecule has 298 valence electrons. The van der Waals surface area contributed by atoms with Crippen LogP contribution < -0.4 is 14.6 Å². The third-order valence-electron chi connectivity index (χ3n) is 11.2. The molecule has 0 bridgehead atoms. The van der Waals surface area contributed by atoms with Crippen molar-refractivity contribution in [3.05, 3.63) is 164 Å². The van der Waals surface area contributed by atoms with Crippen molar-refractivity contribution in [1.82, 2.24) is 4.58 Å². The molecule has 58 heavy (non-hydrogen) atoms. The molecule has 0 spiro atoms. The second-order valence-corrected chi connectivity index (χ2v) is 18.0. The molecule has 4 nitrogen and oxygen atoms in total. The van der Waals surface area contributed by atoms with Gasteiger partial charge in [0.2, 0.25) is 11.4 Å². The van der Waals surface area contributed by atoms with Gasteiger partial charge < -0.3 is 10.0 Å². The lowest BCUT2D eigenvalue weighted by Gasteiger charge is -2.32. The molecule has 1 aliphatic carbocycles. The van der Waals surface area contributed by atoms with E-state index in [-0.39, 0.29) is 11.5 Å². The second-order valence-electron chi connectivity index (χ2n) is 15.9. The average molecular weight is 805 g/mol. The summed E-state index contributed by atoms with van der Waals surface area (Å²) in [6, 6.07) is 36.6. The van der Waals surface area contributed by atoms with Crippen molar-refractivity contribution >= 4 is 67.2 Å². The highest BCUT2D eigenvalue weighted by Crippen LogP contribution is 2.51. The number of allylic oxidation sites excluding steroid dienone is 3. The Hall–Kier alpha value is -4.91. The zero-order valence-electron chi connectivity index (χ0n) is 35.0. The molecule has 0 saturated carbocycles. The summed E-state index contributed by atoms with van der Waals surface area (Å²) < 4.78 is 2.27. The molecule has 0 amide bonds. The summed E-state index contributed by atoms with van der Waals surface area (Å²) in [5, 5.41) is 16.7. The van der Waals surface area contributed by atoms with Gasteiger partial charge in [0.05, 0.1) is 0 Å². The number of benzene rings is 4. The van der Waals surface area contributed by atoms with Crippen molar-refractivity contribution in [2.45, 2.75) is 106 Å². The lowest BCUT2D eigenvalue weighted by Crippen LogP contribution is -2.30. The fraction of sp³-hybridized carbons (Fsp3) is 0.308. The molecule has 1 aromatic heterocycles. The lowest BCUT2D eigenvalue weighted by atomic mass is 9.83. The van der Waals surface area contributed by atoms with Crippen molar-refractivity contribution in [2.75, 3.05) is 4.90 Å². The smallest absolute Gasteiger partial charge is 0.251 e. The summed E-state index contributed by atoms with van der Waals surface area (Å²) in [6.45, 7) is 12.9. The van der Waals surface area contributed by atoms with Crippen LogP contribution in [0.1, 0.15) is 104 Å². The minimum Gasteiger partial charge on any atom is -0.871 e. The zero-order valence-corrected chi connectivity index (χ0v) is 36.6. The third-order valence-corrected chi connectivity index (χ3v) is 13.5. The zero-order chi connectivity index (χ0) is 40.8. The monoisotopic (exact) mass is 804 g/mol. The van der Waals surface area contributed by atoms with Crippen LogP contribution in [-0.4, -0.2) is 10.8 Å². The summed E-state index contributed by atoms with van der Waals surface area (Å²) in [7, 11) is 0. The van der Waals surface area contributed by atoms with Crippen LogP contribution in [0.5, 0.6) is 0 Å². The molecule has 4 aromatic carbocycles. The van der Waals surface area contributed by atoms with E-state index in [0.717, 1.165) is 105 Å². The van der Waals surface area contributed by atoms with E-state index in [1.807, 2.05) is 0 Å². The number of rotatable bonds is 16. The Morgan fingerprint density at radius 2 is 1.09 bits per heavy atom. The quantitative estimate of drug-likeness (QED) is 0.0566. The Morgan fingerprint density at radius 1 is 0.603 bits per heavy atom. The Balaban J connectivity index is 1.35. The summed E-state index contributed by atoms with van der Waals surface area (Å²) in [6.07, 6.45) is 12.8. The van der Waals surface area contributed by atoms with E-state index in [9.17, 15) is 9.90 Å². The predicted octanol–water partition coefficient (Wildman–Crippen LogP) is 14.1. The first-order valence-electron chi connectivity index (χ1n) is 21.1. The van der Waals surface area contributed by atoms with Crippen LogP contribution in [0.3, 0.4) is 0 Å². The summed E-state index contributed by atoms with van der Waals surface area (Å²) in [5.74, 6) is -0.239. The van der Waals surface area contributed by atoms with E-state index in [1.54, 1.807) is 23.1 Å². The first-order valence-corrected chi connectivity index (χ1v) is 22.8. The van der Waals surface area contributed by atoms with Crippen molar-refractivity contribution in [1.29, 1.82) is 0 Å². The number of unbranched alkanes of at least 4 members (excludes halogenated alkanes) is 6. The van der Waals surface area contributed by atoms with Crippen molar-refractivity contribution in [3.8, 4) is 0 Å². The van der Waals surface area contributed by atoms with Gasteiger partial charge in [-0.1, -0.05) is 129 Å². The van der Waals surface area contributed by atoms with Crippen molar-refractivity contribution in [3.63, 3.8) is 0 Å². The van der Waals surface area contributed by atoms with Crippen LogP contribution in [0.15, 0.2) is 131 Å². The van der Waals surface area contributed by atoms with E-state index < -0.39 is 0 Å². The second kappa shape index (κ2) is 18.8. The van der Waals surface area contributed by atoms with Crippen LogP contribution >= 0.6 is 23.1 Å². The Labute approximate surface area is 354 Å². The van der Waals surface area contributed by atoms with E-state index in [2.05, 4.69) is 160 Å². The van der Waals surface area contributed by atoms with E-state index in [0.29, 0.717) is 11.1 Å². The Morgan fingerprint density at radius 3 is 1.57 bits per heavy atom. The molecule has 7 rings (SSSR count). The largest absolute Gasteiger partial charge is 0.871 e. The predicted molar refractivity (Wildman–Crippen MR) is 249 cm³/mol. The first-order chi connectivity index (χ1) is 28.2. The highest BCUT2D eigenvalue weighted by molar-refractivity contribution is 8.18. The van der Waals surface area contributed by atoms with Gasteiger partial charge in [0, 0.05) is 62.6 Å². The molecule has 2 aliphatic rings. The van der Waals surface area contributed by atoms with Gasteiger partial charge in [0.25, 0.3) is 5.04 Å². The molecule has 0 unspecified atom stereocenters. The number of aryl methyl sites for hydroxylation is 5. The van der Waals surface area contributed by atoms with Crippen LogP contribution in [-0.2, 0) is 11.2 Å². The maximum absolute atomic E-state index is 14.7. The molecular formula is C52H56N2O2S2. The molecule has 0 radical (unpaired) electrons. The van der Waals surface area contributed by atoms with E-state index in [4.69, 9.17) is 0 Å². The lowest BCUT2D eigenvalue weighted by molar-refractivity contribution is -0.297. The van der Waals surface area contributed by atoms with Gasteiger partial charge in [-0.25, -0.2) is 0 Å². The molecule has 6 heteroatoms. The number of hydrogen-bond acceptors (Lipinski definition) is 5. The van der Waals surface area contributed by atoms with E-state index in [1.165, 1.54) is 35.1 Å².